The molecule has 0 fully saturated rings. The van der Waals surface area contributed by atoms with E-state index in [-0.39, 0.29) is 13.0 Å². The molecule has 0 aliphatic rings. The summed E-state index contributed by atoms with van der Waals surface area (Å²) in [7, 11) is 0. The van der Waals surface area contributed by atoms with Gasteiger partial charge in [0.2, 0.25) is 0 Å². The Kier molecular flexibility index (Phi) is 4.95. The molecule has 0 atom stereocenters. The van der Waals surface area contributed by atoms with Crippen molar-refractivity contribution in [3.63, 3.8) is 0 Å². The summed E-state index contributed by atoms with van der Waals surface area (Å²) in [6, 6.07) is 3.29. The number of hydrogen-bond donors (Lipinski definition) is 1. The van der Waals surface area contributed by atoms with Crippen LogP contribution in [-0.2, 0) is 0 Å². The molecule has 0 saturated heterocycles. The number of hydrogen-bond acceptors (Lipinski definition) is 1. The second kappa shape index (κ2) is 5.83. The second-order valence-corrected chi connectivity index (χ2v) is 4.54. The van der Waals surface area contributed by atoms with Crippen molar-refractivity contribution in [1.29, 1.82) is 0 Å². The van der Waals surface area contributed by atoms with Crippen molar-refractivity contribution in [2.45, 2.75) is 25.9 Å². The van der Waals surface area contributed by atoms with Crippen LogP contribution in [0, 0.1) is 6.92 Å². The second-order valence-electron chi connectivity index (χ2n) is 3.73. The normalized spacial score (nSPS) is 11.6. The van der Waals surface area contributed by atoms with Crippen LogP contribution >= 0.6 is 23.2 Å². The van der Waals surface area contributed by atoms with Crippen molar-refractivity contribution in [2.24, 2.45) is 0 Å². The van der Waals surface area contributed by atoms with Crippen LogP contribution in [0.4, 0.5) is 18.9 Å². The van der Waals surface area contributed by atoms with Gasteiger partial charge in [0.15, 0.2) is 0 Å². The lowest BCUT2D eigenvalue weighted by molar-refractivity contribution is -0.134. The zero-order valence-electron chi connectivity index (χ0n) is 9.17. The maximum atomic E-state index is 11.9. The molecule has 0 unspecified atom stereocenters. The van der Waals surface area contributed by atoms with E-state index in [0.717, 1.165) is 5.56 Å². The Bertz CT molecular complexity index is 391. The molecular weight excluding hydrogens is 274 g/mol. The summed E-state index contributed by atoms with van der Waals surface area (Å²) in [6.45, 7) is 2.01. The number of nitrogens with one attached hydrogen (secondary N) is 1. The quantitative estimate of drug-likeness (QED) is 0.763. The molecule has 96 valence electrons. The van der Waals surface area contributed by atoms with E-state index < -0.39 is 12.6 Å². The molecule has 1 aromatic carbocycles. The number of alkyl halides is 3. The Morgan fingerprint density at radius 3 is 2.41 bits per heavy atom. The van der Waals surface area contributed by atoms with E-state index in [9.17, 15) is 13.2 Å². The van der Waals surface area contributed by atoms with Crippen LogP contribution in [0.3, 0.4) is 0 Å². The van der Waals surface area contributed by atoms with Gasteiger partial charge in [0, 0.05) is 18.0 Å². The van der Waals surface area contributed by atoms with Crippen molar-refractivity contribution in [3.05, 3.63) is 27.7 Å². The minimum absolute atomic E-state index is 0.00528. The highest BCUT2D eigenvalue weighted by atomic mass is 35.5. The molecule has 0 amide bonds. The van der Waals surface area contributed by atoms with Gasteiger partial charge in [-0.05, 0) is 31.0 Å². The fourth-order valence-corrected chi connectivity index (χ4v) is 1.74. The van der Waals surface area contributed by atoms with Crippen LogP contribution < -0.4 is 5.32 Å². The maximum Gasteiger partial charge on any atom is 0.389 e. The fraction of sp³-hybridized carbons (Fsp3) is 0.455. The van der Waals surface area contributed by atoms with Crippen molar-refractivity contribution in [2.75, 3.05) is 11.9 Å². The highest BCUT2D eigenvalue weighted by Crippen LogP contribution is 2.29. The molecule has 1 rings (SSSR count). The van der Waals surface area contributed by atoms with Crippen LogP contribution in [0.15, 0.2) is 12.1 Å². The maximum absolute atomic E-state index is 11.9. The number of anilines is 1. The zero-order valence-corrected chi connectivity index (χ0v) is 10.7. The summed E-state index contributed by atoms with van der Waals surface area (Å²) < 4.78 is 35.7. The van der Waals surface area contributed by atoms with Gasteiger partial charge in [-0.2, -0.15) is 13.2 Å². The summed E-state index contributed by atoms with van der Waals surface area (Å²) in [5, 5.41) is 3.83. The molecule has 0 saturated carbocycles. The molecule has 0 bridgehead atoms. The van der Waals surface area contributed by atoms with Gasteiger partial charge in [0.25, 0.3) is 0 Å². The third-order valence-corrected chi connectivity index (χ3v) is 2.92. The first-order valence-corrected chi connectivity index (χ1v) is 5.81. The summed E-state index contributed by atoms with van der Waals surface area (Å²) in [4.78, 5) is 0. The van der Waals surface area contributed by atoms with Gasteiger partial charge < -0.3 is 5.32 Å². The summed E-state index contributed by atoms with van der Waals surface area (Å²) in [5.41, 5.74) is 1.39. The van der Waals surface area contributed by atoms with E-state index >= 15 is 0 Å². The molecular formula is C11H12Cl2F3N. The van der Waals surface area contributed by atoms with Gasteiger partial charge in [-0.3, -0.25) is 0 Å². The first-order valence-electron chi connectivity index (χ1n) is 5.06. The van der Waals surface area contributed by atoms with Gasteiger partial charge >= 0.3 is 6.18 Å². The number of benzene rings is 1. The van der Waals surface area contributed by atoms with Crippen molar-refractivity contribution < 1.29 is 13.2 Å². The molecule has 0 spiro atoms. The van der Waals surface area contributed by atoms with Crippen molar-refractivity contribution in [3.8, 4) is 0 Å². The van der Waals surface area contributed by atoms with Crippen LogP contribution in [0.1, 0.15) is 18.4 Å². The van der Waals surface area contributed by atoms with Gasteiger partial charge in [0.1, 0.15) is 0 Å². The molecule has 1 nitrogen and oxygen atoms in total. The van der Waals surface area contributed by atoms with E-state index in [1.165, 1.54) is 0 Å². The van der Waals surface area contributed by atoms with Gasteiger partial charge in [-0.25, -0.2) is 0 Å². The molecule has 0 heterocycles. The monoisotopic (exact) mass is 285 g/mol. The van der Waals surface area contributed by atoms with E-state index in [2.05, 4.69) is 5.32 Å². The lowest BCUT2D eigenvalue weighted by Crippen LogP contribution is -2.11. The topological polar surface area (TPSA) is 12.0 Å². The predicted molar refractivity (Wildman–Crippen MR) is 65.0 cm³/mol. The lowest BCUT2D eigenvalue weighted by Gasteiger charge is -2.11. The Labute approximate surface area is 108 Å². The smallest absolute Gasteiger partial charge is 0.384 e. The van der Waals surface area contributed by atoms with Crippen molar-refractivity contribution in [1.82, 2.24) is 0 Å². The fourth-order valence-electron chi connectivity index (χ4n) is 1.29. The van der Waals surface area contributed by atoms with Gasteiger partial charge in [-0.1, -0.05) is 23.2 Å². The first-order chi connectivity index (χ1) is 7.79. The summed E-state index contributed by atoms with van der Waals surface area (Å²) in [5.74, 6) is 0. The molecule has 0 aliphatic carbocycles. The van der Waals surface area contributed by atoms with E-state index in [1.807, 2.05) is 6.92 Å². The molecule has 0 aromatic heterocycles. The Hall–Kier alpha value is -0.610. The molecule has 6 heteroatoms. The Balaban J connectivity index is 2.50. The van der Waals surface area contributed by atoms with E-state index in [1.54, 1.807) is 12.1 Å². The van der Waals surface area contributed by atoms with Crippen LogP contribution in [0.2, 0.25) is 10.0 Å². The highest BCUT2D eigenvalue weighted by molar-refractivity contribution is 6.35. The predicted octanol–water partition coefficient (Wildman–Crippen LogP) is 5.06. The first kappa shape index (κ1) is 14.5. The molecule has 17 heavy (non-hydrogen) atoms. The average Bonchev–Trinajstić information content (AvgIpc) is 2.18. The Morgan fingerprint density at radius 2 is 1.82 bits per heavy atom. The molecule has 0 radical (unpaired) electrons. The van der Waals surface area contributed by atoms with Gasteiger partial charge in [-0.15, -0.1) is 0 Å². The Morgan fingerprint density at radius 1 is 1.18 bits per heavy atom. The average molecular weight is 286 g/mol. The highest BCUT2D eigenvalue weighted by Gasteiger charge is 2.25. The SMILES string of the molecule is Cc1cc(Cl)c(NCCCC(F)(F)F)cc1Cl. The zero-order chi connectivity index (χ0) is 13.1. The van der Waals surface area contributed by atoms with Crippen molar-refractivity contribution >= 4 is 28.9 Å². The number of halogens is 5. The molecule has 0 aliphatic heterocycles. The van der Waals surface area contributed by atoms with Crippen LogP contribution in [0.25, 0.3) is 0 Å². The molecule has 1 aromatic rings. The van der Waals surface area contributed by atoms with Crippen LogP contribution in [-0.4, -0.2) is 12.7 Å². The minimum atomic E-state index is -4.11. The largest absolute Gasteiger partial charge is 0.389 e. The van der Waals surface area contributed by atoms with Crippen LogP contribution in [0.5, 0.6) is 0 Å². The number of rotatable bonds is 4. The third kappa shape index (κ3) is 5.04. The third-order valence-electron chi connectivity index (χ3n) is 2.20. The minimum Gasteiger partial charge on any atom is -0.384 e. The van der Waals surface area contributed by atoms with Gasteiger partial charge in [0.05, 0.1) is 10.7 Å². The number of aryl methyl sites for hydroxylation is 1. The summed E-state index contributed by atoms with van der Waals surface area (Å²) in [6.07, 6.45) is -4.92. The lowest BCUT2D eigenvalue weighted by atomic mass is 10.2. The molecule has 1 N–H and O–H groups in total. The van der Waals surface area contributed by atoms with E-state index in [0.29, 0.717) is 15.7 Å². The van der Waals surface area contributed by atoms with E-state index in [4.69, 9.17) is 23.2 Å². The standard InChI is InChI=1S/C11H12Cl2F3N/c1-7-5-9(13)10(6-8(7)12)17-4-2-3-11(14,15)16/h5-6,17H,2-4H2,1H3. The summed E-state index contributed by atoms with van der Waals surface area (Å²) >= 11 is 11.8.